The van der Waals surface area contributed by atoms with E-state index in [1.54, 1.807) is 26.2 Å². The molecule has 0 spiro atoms. The van der Waals surface area contributed by atoms with Crippen LogP contribution in [0.25, 0.3) is 0 Å². The number of nitrogens with two attached hydrogens (primary N) is 1. The van der Waals surface area contributed by atoms with Gasteiger partial charge in [0.15, 0.2) is 0 Å². The molecular weight excluding hydrogens is 256 g/mol. The van der Waals surface area contributed by atoms with E-state index in [-0.39, 0.29) is 6.54 Å². The van der Waals surface area contributed by atoms with E-state index < -0.39 is 22.4 Å². The quantitative estimate of drug-likeness (QED) is 0.566. The van der Waals surface area contributed by atoms with Crippen molar-refractivity contribution in [3.8, 4) is 0 Å². The van der Waals surface area contributed by atoms with E-state index in [4.69, 9.17) is 10.5 Å². The minimum atomic E-state index is -1.59. The summed E-state index contributed by atoms with van der Waals surface area (Å²) in [6.07, 6.45) is 0. The molecule has 0 fully saturated rings. The Kier molecular flexibility index (Phi) is 4.28. The molecule has 0 aromatic rings. The maximum Gasteiger partial charge on any atom is 0.355 e. The molecule has 0 bridgehead atoms. The number of carbonyl (C=O) groups excluding carboxylic acids is 2. The van der Waals surface area contributed by atoms with Gasteiger partial charge in [0.2, 0.25) is 0 Å². The molecule has 18 heavy (non-hydrogen) atoms. The topological polar surface area (TPSA) is 90.7 Å². The first-order valence-corrected chi connectivity index (χ1v) is 6.30. The molecule has 1 unspecified atom stereocenters. The molecule has 0 radical (unpaired) electrons. The van der Waals surface area contributed by atoms with Crippen LogP contribution in [0.4, 0.5) is 0 Å². The lowest BCUT2D eigenvalue weighted by molar-refractivity contribution is -0.166. The van der Waals surface area contributed by atoms with E-state index in [1.165, 1.54) is 7.11 Å². The molecule has 0 saturated heterocycles. The Labute approximate surface area is 110 Å². The normalized spacial score (nSPS) is 23.1. The Morgan fingerprint density at radius 2 is 2.06 bits per heavy atom. The van der Waals surface area contributed by atoms with Crippen LogP contribution in [0.1, 0.15) is 20.8 Å². The molecule has 1 rings (SSSR count). The van der Waals surface area contributed by atoms with E-state index >= 15 is 0 Å². The molecule has 102 valence electrons. The number of hydrogen-bond donors (Lipinski definition) is 2. The summed E-state index contributed by atoms with van der Waals surface area (Å²) >= 11 is 1.00. The maximum atomic E-state index is 12.2. The van der Waals surface area contributed by atoms with Gasteiger partial charge in [0.1, 0.15) is 5.60 Å². The Morgan fingerprint density at radius 3 is 2.44 bits per heavy atom. The van der Waals surface area contributed by atoms with Crippen LogP contribution >= 0.6 is 11.8 Å². The second-order valence-corrected chi connectivity index (χ2v) is 5.85. The highest BCUT2D eigenvalue weighted by Crippen LogP contribution is 2.35. The Balaban J connectivity index is 2.95. The number of ether oxygens (including phenoxy) is 2. The maximum absolute atomic E-state index is 12.2. The molecule has 0 aromatic heterocycles. The first-order valence-electron chi connectivity index (χ1n) is 5.42. The Morgan fingerprint density at radius 1 is 1.44 bits per heavy atom. The van der Waals surface area contributed by atoms with E-state index in [2.05, 4.69) is 10.1 Å². The fourth-order valence-electron chi connectivity index (χ4n) is 1.32. The van der Waals surface area contributed by atoms with Gasteiger partial charge in [-0.3, -0.25) is 0 Å². The van der Waals surface area contributed by atoms with Crippen LogP contribution in [0.5, 0.6) is 0 Å². The second-order valence-electron chi connectivity index (χ2n) is 4.76. The van der Waals surface area contributed by atoms with Crippen LogP contribution in [-0.4, -0.2) is 36.1 Å². The van der Waals surface area contributed by atoms with Crippen molar-refractivity contribution in [2.75, 3.05) is 13.7 Å². The van der Waals surface area contributed by atoms with Crippen molar-refractivity contribution in [3.63, 3.8) is 0 Å². The fourth-order valence-corrected chi connectivity index (χ4v) is 2.30. The summed E-state index contributed by atoms with van der Waals surface area (Å²) < 4.78 is 9.91. The number of hydrogen-bond acceptors (Lipinski definition) is 7. The van der Waals surface area contributed by atoms with Crippen LogP contribution in [0, 0.1) is 0 Å². The highest BCUT2D eigenvalue weighted by Gasteiger charge is 2.53. The monoisotopic (exact) mass is 274 g/mol. The number of nitrogens with one attached hydrogen (secondary N) is 1. The van der Waals surface area contributed by atoms with E-state index in [0.717, 1.165) is 11.8 Å². The van der Waals surface area contributed by atoms with Gasteiger partial charge < -0.3 is 20.5 Å². The smallest absolute Gasteiger partial charge is 0.355 e. The molecule has 0 amide bonds. The van der Waals surface area contributed by atoms with Gasteiger partial charge in [0, 0.05) is 12.2 Å². The summed E-state index contributed by atoms with van der Waals surface area (Å²) in [6.45, 7) is 5.39. The van der Waals surface area contributed by atoms with Crippen LogP contribution in [-0.2, 0) is 19.1 Å². The van der Waals surface area contributed by atoms with Crippen LogP contribution in [0.3, 0.4) is 0 Å². The third-order valence-corrected chi connectivity index (χ3v) is 3.28. The molecule has 6 nitrogen and oxygen atoms in total. The van der Waals surface area contributed by atoms with Crippen LogP contribution in [0.2, 0.25) is 0 Å². The fraction of sp³-hybridized carbons (Fsp3) is 0.636. The van der Waals surface area contributed by atoms with Gasteiger partial charge in [-0.05, 0) is 26.2 Å². The summed E-state index contributed by atoms with van der Waals surface area (Å²) in [7, 11) is 1.22. The van der Waals surface area contributed by atoms with Gasteiger partial charge in [0.25, 0.3) is 4.87 Å². The molecule has 3 N–H and O–H groups in total. The van der Waals surface area contributed by atoms with Crippen molar-refractivity contribution < 1.29 is 19.1 Å². The molecule has 1 aliphatic rings. The lowest BCUT2D eigenvalue weighted by Crippen LogP contribution is -2.55. The highest BCUT2D eigenvalue weighted by atomic mass is 32.2. The molecule has 0 aromatic carbocycles. The van der Waals surface area contributed by atoms with E-state index in [1.807, 2.05) is 0 Å². The SMILES string of the molecule is COC(=O)C1(C(=O)OC(C)(C)C)NC(CN)=CS1. The summed E-state index contributed by atoms with van der Waals surface area (Å²) in [5.74, 6) is -1.40. The number of thioether (sulfide) groups is 1. The van der Waals surface area contributed by atoms with Crippen molar-refractivity contribution in [1.29, 1.82) is 0 Å². The first-order chi connectivity index (χ1) is 8.25. The lowest BCUT2D eigenvalue weighted by atomic mass is 10.2. The zero-order valence-electron chi connectivity index (χ0n) is 10.9. The summed E-state index contributed by atoms with van der Waals surface area (Å²) in [6, 6.07) is 0. The minimum Gasteiger partial charge on any atom is -0.466 e. The largest absolute Gasteiger partial charge is 0.466 e. The average molecular weight is 274 g/mol. The van der Waals surface area contributed by atoms with Crippen molar-refractivity contribution in [1.82, 2.24) is 5.32 Å². The number of carbonyl (C=O) groups is 2. The average Bonchev–Trinajstić information content (AvgIpc) is 2.71. The van der Waals surface area contributed by atoms with Crippen LogP contribution < -0.4 is 11.1 Å². The van der Waals surface area contributed by atoms with Gasteiger partial charge in [-0.2, -0.15) is 0 Å². The Bertz CT molecular complexity index is 389. The van der Waals surface area contributed by atoms with E-state index in [9.17, 15) is 9.59 Å². The number of esters is 2. The van der Waals surface area contributed by atoms with E-state index in [0.29, 0.717) is 5.70 Å². The first kappa shape index (κ1) is 14.8. The lowest BCUT2D eigenvalue weighted by Gasteiger charge is -2.29. The third kappa shape index (κ3) is 2.97. The third-order valence-electron chi connectivity index (χ3n) is 2.09. The zero-order valence-corrected chi connectivity index (χ0v) is 11.7. The summed E-state index contributed by atoms with van der Waals surface area (Å²) in [4.78, 5) is 22.4. The number of rotatable bonds is 3. The predicted molar refractivity (Wildman–Crippen MR) is 68.5 cm³/mol. The van der Waals surface area contributed by atoms with Gasteiger partial charge >= 0.3 is 11.9 Å². The van der Waals surface area contributed by atoms with Crippen molar-refractivity contribution in [3.05, 3.63) is 11.1 Å². The molecule has 1 atom stereocenters. The van der Waals surface area contributed by atoms with Gasteiger partial charge in [0.05, 0.1) is 7.11 Å². The van der Waals surface area contributed by atoms with Gasteiger partial charge in [-0.1, -0.05) is 11.8 Å². The Hall–Kier alpha value is -1.21. The van der Waals surface area contributed by atoms with Crippen molar-refractivity contribution >= 4 is 23.7 Å². The molecule has 0 aliphatic carbocycles. The predicted octanol–water partition coefficient (Wildman–Crippen LogP) is 0.334. The van der Waals surface area contributed by atoms with Gasteiger partial charge in [-0.15, -0.1) is 0 Å². The standard InChI is InChI=1S/C11H18N2O4S/c1-10(2,3)17-9(15)11(8(14)16-4)13-7(5-12)6-18-11/h6,13H,5,12H2,1-4H3. The van der Waals surface area contributed by atoms with Crippen molar-refractivity contribution in [2.24, 2.45) is 5.73 Å². The highest BCUT2D eigenvalue weighted by molar-refractivity contribution is 8.05. The van der Waals surface area contributed by atoms with Crippen molar-refractivity contribution in [2.45, 2.75) is 31.2 Å². The summed E-state index contributed by atoms with van der Waals surface area (Å²) in [5.41, 5.74) is 5.38. The minimum absolute atomic E-state index is 0.203. The second kappa shape index (κ2) is 5.19. The van der Waals surface area contributed by atoms with Gasteiger partial charge in [-0.25, -0.2) is 9.59 Å². The zero-order chi connectivity index (χ0) is 14.0. The number of methoxy groups -OCH3 is 1. The molecule has 1 aliphatic heterocycles. The molecular formula is C11H18N2O4S. The molecule has 0 saturated carbocycles. The van der Waals surface area contributed by atoms with Crippen LogP contribution in [0.15, 0.2) is 11.1 Å². The molecule has 7 heteroatoms. The molecule has 1 heterocycles. The summed E-state index contributed by atoms with van der Waals surface area (Å²) in [5, 5.41) is 4.40.